The van der Waals surface area contributed by atoms with Crippen molar-refractivity contribution in [1.82, 2.24) is 20.6 Å². The van der Waals surface area contributed by atoms with E-state index in [1.54, 1.807) is 12.5 Å². The Balaban J connectivity index is 2.07. The number of hydrogen-bond acceptors (Lipinski definition) is 3. The number of amides is 2. The monoisotopic (exact) mass is 268 g/mol. The molecule has 0 saturated heterocycles. The Morgan fingerprint density at radius 2 is 2.32 bits per heavy atom. The summed E-state index contributed by atoms with van der Waals surface area (Å²) in [7, 11) is 0. The van der Waals surface area contributed by atoms with Crippen molar-refractivity contribution in [1.29, 1.82) is 0 Å². The largest absolute Gasteiger partial charge is 0.481 e. The first-order valence-electron chi connectivity index (χ1n) is 6.31. The van der Waals surface area contributed by atoms with Crippen molar-refractivity contribution in [2.75, 3.05) is 6.54 Å². The van der Waals surface area contributed by atoms with Crippen molar-refractivity contribution in [3.63, 3.8) is 0 Å². The molecule has 2 amide bonds. The molecule has 0 spiro atoms. The molecule has 1 unspecified atom stereocenters. The quantitative estimate of drug-likeness (QED) is 0.561. The lowest BCUT2D eigenvalue weighted by Gasteiger charge is -2.13. The maximum atomic E-state index is 11.5. The topological polar surface area (TPSA) is 107 Å². The second-order valence-electron chi connectivity index (χ2n) is 4.41. The van der Waals surface area contributed by atoms with E-state index in [1.807, 2.05) is 6.92 Å². The van der Waals surface area contributed by atoms with Gasteiger partial charge in [-0.1, -0.05) is 0 Å². The molecule has 0 fully saturated rings. The fourth-order valence-electron chi connectivity index (χ4n) is 1.64. The van der Waals surface area contributed by atoms with Crippen LogP contribution in [0.5, 0.6) is 0 Å². The highest BCUT2D eigenvalue weighted by Gasteiger charge is 2.07. The Hall–Kier alpha value is -2.05. The molecule has 1 heterocycles. The first kappa shape index (κ1) is 15.0. The summed E-state index contributed by atoms with van der Waals surface area (Å²) in [6, 6.07) is -0.270. The first-order valence-corrected chi connectivity index (χ1v) is 6.31. The number of hydrogen-bond donors (Lipinski definition) is 4. The summed E-state index contributed by atoms with van der Waals surface area (Å²) in [6.07, 6.45) is 5.35. The highest BCUT2D eigenvalue weighted by molar-refractivity contribution is 5.74. The number of aliphatic carboxylic acids is 1. The fourth-order valence-corrected chi connectivity index (χ4v) is 1.64. The molecular weight excluding hydrogens is 248 g/mol. The predicted octanol–water partition coefficient (Wildman–Crippen LogP) is 0.895. The zero-order chi connectivity index (χ0) is 14.1. The summed E-state index contributed by atoms with van der Waals surface area (Å²) in [6.45, 7) is 2.38. The summed E-state index contributed by atoms with van der Waals surface area (Å²) < 4.78 is 0. The molecule has 0 aliphatic carbocycles. The molecule has 0 saturated carbocycles. The summed E-state index contributed by atoms with van der Waals surface area (Å²) in [5.74, 6) is -0.809. The van der Waals surface area contributed by atoms with Crippen molar-refractivity contribution in [2.24, 2.45) is 0 Å². The number of H-pyrrole nitrogens is 1. The number of nitrogens with one attached hydrogen (secondary N) is 3. The third-order valence-corrected chi connectivity index (χ3v) is 2.64. The minimum Gasteiger partial charge on any atom is -0.481 e. The zero-order valence-corrected chi connectivity index (χ0v) is 11.0. The number of imidazole rings is 1. The molecule has 1 atom stereocenters. The van der Waals surface area contributed by atoms with Crippen LogP contribution >= 0.6 is 0 Å². The Bertz CT molecular complexity index is 392. The van der Waals surface area contributed by atoms with Crippen LogP contribution in [-0.4, -0.2) is 39.7 Å². The molecule has 0 aromatic carbocycles. The molecule has 0 aliphatic heterocycles. The molecule has 7 heteroatoms. The molecule has 1 aromatic heterocycles. The molecule has 0 bridgehead atoms. The van der Waals surface area contributed by atoms with Crippen molar-refractivity contribution in [3.8, 4) is 0 Å². The molecule has 0 aliphatic rings. The molecular formula is C12H20N4O3. The maximum absolute atomic E-state index is 11.5. The van der Waals surface area contributed by atoms with E-state index < -0.39 is 5.97 Å². The maximum Gasteiger partial charge on any atom is 0.315 e. The number of urea groups is 1. The number of carboxylic acid groups (broad SMARTS) is 1. The number of carbonyl (C=O) groups excluding carboxylic acids is 1. The van der Waals surface area contributed by atoms with Gasteiger partial charge < -0.3 is 20.7 Å². The van der Waals surface area contributed by atoms with Gasteiger partial charge in [-0.15, -0.1) is 0 Å². The standard InChI is InChI=1S/C12H20N4O3/c1-9(3-2-4-11(17)18)16-12(19)14-6-5-10-7-13-8-15-10/h7-9H,2-6H2,1H3,(H,13,15)(H,17,18)(H2,14,16,19). The van der Waals surface area contributed by atoms with Gasteiger partial charge >= 0.3 is 12.0 Å². The number of rotatable bonds is 8. The highest BCUT2D eigenvalue weighted by Crippen LogP contribution is 2.00. The van der Waals surface area contributed by atoms with Crippen LogP contribution in [0.3, 0.4) is 0 Å². The lowest BCUT2D eigenvalue weighted by molar-refractivity contribution is -0.137. The fraction of sp³-hybridized carbons (Fsp3) is 0.583. The highest BCUT2D eigenvalue weighted by atomic mass is 16.4. The zero-order valence-electron chi connectivity index (χ0n) is 11.0. The average Bonchev–Trinajstić information content (AvgIpc) is 2.81. The van der Waals surface area contributed by atoms with E-state index in [4.69, 9.17) is 5.11 Å². The molecule has 106 valence electrons. The minimum atomic E-state index is -0.809. The van der Waals surface area contributed by atoms with E-state index in [-0.39, 0.29) is 18.5 Å². The van der Waals surface area contributed by atoms with E-state index in [9.17, 15) is 9.59 Å². The minimum absolute atomic E-state index is 0.0356. The van der Waals surface area contributed by atoms with Gasteiger partial charge in [-0.2, -0.15) is 0 Å². The second-order valence-corrected chi connectivity index (χ2v) is 4.41. The van der Waals surface area contributed by atoms with Gasteiger partial charge in [0.05, 0.1) is 6.33 Å². The molecule has 19 heavy (non-hydrogen) atoms. The van der Waals surface area contributed by atoms with Gasteiger partial charge in [-0.3, -0.25) is 4.79 Å². The van der Waals surface area contributed by atoms with E-state index in [2.05, 4.69) is 20.6 Å². The van der Waals surface area contributed by atoms with Gasteiger partial charge in [-0.05, 0) is 19.8 Å². The molecule has 7 nitrogen and oxygen atoms in total. The van der Waals surface area contributed by atoms with Gasteiger partial charge in [0, 0.05) is 37.3 Å². The van der Waals surface area contributed by atoms with E-state index in [0.717, 1.165) is 5.69 Å². The summed E-state index contributed by atoms with van der Waals surface area (Å²) in [4.78, 5) is 28.7. The van der Waals surface area contributed by atoms with Gasteiger partial charge in [0.15, 0.2) is 0 Å². The van der Waals surface area contributed by atoms with E-state index >= 15 is 0 Å². The van der Waals surface area contributed by atoms with Crippen molar-refractivity contribution >= 4 is 12.0 Å². The first-order chi connectivity index (χ1) is 9.08. The van der Waals surface area contributed by atoms with Crippen LogP contribution in [0.2, 0.25) is 0 Å². The van der Waals surface area contributed by atoms with Crippen LogP contribution in [0.25, 0.3) is 0 Å². The van der Waals surface area contributed by atoms with Gasteiger partial charge in [0.25, 0.3) is 0 Å². The Morgan fingerprint density at radius 3 is 2.95 bits per heavy atom. The summed E-state index contributed by atoms with van der Waals surface area (Å²) in [5.41, 5.74) is 0.967. The summed E-state index contributed by atoms with van der Waals surface area (Å²) >= 11 is 0. The normalized spacial score (nSPS) is 11.8. The van der Waals surface area contributed by atoms with E-state index in [1.165, 1.54) is 0 Å². The lowest BCUT2D eigenvalue weighted by Crippen LogP contribution is -2.41. The molecule has 1 rings (SSSR count). The van der Waals surface area contributed by atoms with Crippen LogP contribution in [0.15, 0.2) is 12.5 Å². The SMILES string of the molecule is CC(CCCC(=O)O)NC(=O)NCCc1cnc[nH]1. The smallest absolute Gasteiger partial charge is 0.315 e. The Morgan fingerprint density at radius 1 is 1.53 bits per heavy atom. The van der Waals surface area contributed by atoms with Gasteiger partial charge in [0.2, 0.25) is 0 Å². The molecule has 1 aromatic rings. The van der Waals surface area contributed by atoms with Crippen LogP contribution in [0, 0.1) is 0 Å². The number of aromatic nitrogens is 2. The second kappa shape index (κ2) is 8.12. The van der Waals surface area contributed by atoms with Crippen molar-refractivity contribution in [2.45, 2.75) is 38.6 Å². The number of aromatic amines is 1. The Kier molecular flexibility index (Phi) is 6.42. The number of nitrogens with zero attached hydrogens (tertiary/aromatic N) is 1. The van der Waals surface area contributed by atoms with Gasteiger partial charge in [0.1, 0.15) is 0 Å². The van der Waals surface area contributed by atoms with Crippen molar-refractivity contribution < 1.29 is 14.7 Å². The molecule has 0 radical (unpaired) electrons. The van der Waals surface area contributed by atoms with E-state index in [0.29, 0.717) is 25.8 Å². The van der Waals surface area contributed by atoms with Gasteiger partial charge in [-0.25, -0.2) is 9.78 Å². The number of carbonyl (C=O) groups is 2. The predicted molar refractivity (Wildman–Crippen MR) is 69.8 cm³/mol. The Labute approximate surface area is 111 Å². The third kappa shape index (κ3) is 7.07. The van der Waals surface area contributed by atoms with Crippen LogP contribution in [-0.2, 0) is 11.2 Å². The van der Waals surface area contributed by atoms with Crippen molar-refractivity contribution in [3.05, 3.63) is 18.2 Å². The van der Waals surface area contributed by atoms with Crippen LogP contribution < -0.4 is 10.6 Å². The third-order valence-electron chi connectivity index (χ3n) is 2.64. The average molecular weight is 268 g/mol. The summed E-state index contributed by atoms with van der Waals surface area (Å²) in [5, 5.41) is 14.0. The lowest BCUT2D eigenvalue weighted by atomic mass is 10.1. The number of carboxylic acids is 1. The van der Waals surface area contributed by atoms with Crippen LogP contribution in [0.4, 0.5) is 4.79 Å². The van der Waals surface area contributed by atoms with Crippen LogP contribution in [0.1, 0.15) is 31.9 Å². The molecule has 4 N–H and O–H groups in total.